The van der Waals surface area contributed by atoms with Gasteiger partial charge in [-0.1, -0.05) is 31.9 Å². The third kappa shape index (κ3) is 5.31. The summed E-state index contributed by atoms with van der Waals surface area (Å²) < 4.78 is 1.43. The molecule has 1 amide bonds. The van der Waals surface area contributed by atoms with Crippen LogP contribution in [-0.2, 0) is 4.79 Å². The number of rotatable bonds is 6. The van der Waals surface area contributed by atoms with Gasteiger partial charge >= 0.3 is 5.97 Å². The van der Waals surface area contributed by atoms with E-state index in [-0.39, 0.29) is 12.8 Å². The third-order valence-corrected chi connectivity index (χ3v) is 3.43. The van der Waals surface area contributed by atoms with E-state index >= 15 is 0 Å². The highest BCUT2D eigenvalue weighted by Crippen LogP contribution is 2.20. The lowest BCUT2D eigenvalue weighted by Crippen LogP contribution is -2.40. The minimum atomic E-state index is -1.11. The van der Waals surface area contributed by atoms with E-state index in [4.69, 9.17) is 10.4 Å². The zero-order valence-corrected chi connectivity index (χ0v) is 13.6. The van der Waals surface area contributed by atoms with Gasteiger partial charge in [0.2, 0.25) is 0 Å². The van der Waals surface area contributed by atoms with Crippen LogP contribution in [0.15, 0.2) is 27.1 Å². The first-order chi connectivity index (χ1) is 9.43. The van der Waals surface area contributed by atoms with Crippen molar-refractivity contribution in [3.63, 3.8) is 0 Å². The number of nitriles is 1. The first-order valence-electron chi connectivity index (χ1n) is 5.80. The van der Waals surface area contributed by atoms with Crippen LogP contribution in [0, 0.1) is 11.3 Å². The highest BCUT2D eigenvalue weighted by Gasteiger charge is 2.20. The summed E-state index contributed by atoms with van der Waals surface area (Å²) in [6.07, 6.45) is 0.918. The second-order valence-electron chi connectivity index (χ2n) is 4.07. The van der Waals surface area contributed by atoms with Crippen LogP contribution >= 0.6 is 31.9 Å². The summed E-state index contributed by atoms with van der Waals surface area (Å²) in [5.41, 5.74) is 0.359. The number of carboxylic acids is 1. The van der Waals surface area contributed by atoms with Gasteiger partial charge in [-0.2, -0.15) is 5.26 Å². The molecule has 0 aliphatic heterocycles. The third-order valence-electron chi connectivity index (χ3n) is 2.51. The lowest BCUT2D eigenvalue weighted by molar-refractivity contribution is -0.139. The van der Waals surface area contributed by atoms with Crippen molar-refractivity contribution < 1.29 is 14.7 Å². The molecule has 20 heavy (non-hydrogen) atoms. The van der Waals surface area contributed by atoms with Crippen LogP contribution in [0.4, 0.5) is 0 Å². The second kappa shape index (κ2) is 8.02. The quantitative estimate of drug-likeness (QED) is 0.714. The molecule has 2 N–H and O–H groups in total. The van der Waals surface area contributed by atoms with E-state index in [1.807, 2.05) is 6.07 Å². The molecule has 1 aromatic rings. The van der Waals surface area contributed by atoms with Crippen LogP contribution in [-0.4, -0.2) is 23.0 Å². The van der Waals surface area contributed by atoms with Gasteiger partial charge in [0, 0.05) is 20.9 Å². The van der Waals surface area contributed by atoms with E-state index < -0.39 is 17.9 Å². The number of carbonyl (C=O) groups is 2. The van der Waals surface area contributed by atoms with Gasteiger partial charge in [0.15, 0.2) is 0 Å². The zero-order chi connectivity index (χ0) is 15.1. The molecule has 0 aliphatic carbocycles. The van der Waals surface area contributed by atoms with Crippen LogP contribution in [0.3, 0.4) is 0 Å². The molecule has 0 unspecified atom stereocenters. The van der Waals surface area contributed by atoms with Gasteiger partial charge in [-0.3, -0.25) is 4.79 Å². The van der Waals surface area contributed by atoms with Crippen molar-refractivity contribution in [2.75, 3.05) is 0 Å². The molecule has 1 atom stereocenters. The minimum Gasteiger partial charge on any atom is -0.480 e. The number of amides is 1. The number of halogens is 2. The summed E-state index contributed by atoms with van der Waals surface area (Å²) >= 11 is 6.53. The fraction of sp³-hybridized carbons (Fsp3) is 0.308. The van der Waals surface area contributed by atoms with Gasteiger partial charge in [0.05, 0.1) is 6.07 Å². The van der Waals surface area contributed by atoms with Crippen molar-refractivity contribution >= 4 is 43.7 Å². The highest BCUT2D eigenvalue weighted by atomic mass is 79.9. The highest BCUT2D eigenvalue weighted by molar-refractivity contribution is 9.11. The summed E-state index contributed by atoms with van der Waals surface area (Å²) in [5.74, 6) is -1.57. The number of hydrogen-bond donors (Lipinski definition) is 2. The molecular weight excluding hydrogens is 392 g/mol. The van der Waals surface area contributed by atoms with Gasteiger partial charge in [-0.15, -0.1) is 0 Å². The Kier molecular flexibility index (Phi) is 6.68. The first-order valence-corrected chi connectivity index (χ1v) is 7.39. The molecule has 0 fully saturated rings. The van der Waals surface area contributed by atoms with Gasteiger partial charge in [0.1, 0.15) is 6.04 Å². The molecule has 0 aromatic heterocycles. The van der Waals surface area contributed by atoms with Crippen molar-refractivity contribution in [3.05, 3.63) is 32.7 Å². The Balaban J connectivity index is 2.75. The molecule has 5 nitrogen and oxygen atoms in total. The van der Waals surface area contributed by atoms with Gasteiger partial charge in [-0.05, 0) is 31.0 Å². The first kappa shape index (κ1) is 16.7. The summed E-state index contributed by atoms with van der Waals surface area (Å²) in [6.45, 7) is 0. The maximum Gasteiger partial charge on any atom is 0.326 e. The Hall–Kier alpha value is -1.39. The normalized spacial score (nSPS) is 11.4. The number of hydrogen-bond acceptors (Lipinski definition) is 3. The van der Waals surface area contributed by atoms with Crippen molar-refractivity contribution in [2.24, 2.45) is 0 Å². The van der Waals surface area contributed by atoms with Crippen molar-refractivity contribution in [1.29, 1.82) is 5.26 Å². The molecular formula is C13H12Br2N2O3. The zero-order valence-electron chi connectivity index (χ0n) is 10.4. The van der Waals surface area contributed by atoms with Crippen LogP contribution in [0.2, 0.25) is 0 Å². The molecule has 0 aliphatic rings. The van der Waals surface area contributed by atoms with Crippen LogP contribution in [0.1, 0.15) is 29.6 Å². The van der Waals surface area contributed by atoms with E-state index in [1.165, 1.54) is 0 Å². The fourth-order valence-electron chi connectivity index (χ4n) is 1.57. The van der Waals surface area contributed by atoms with Gasteiger partial charge in [-0.25, -0.2) is 4.79 Å². The summed E-state index contributed by atoms with van der Waals surface area (Å²) in [6, 6.07) is 5.94. The predicted octanol–water partition coefficient (Wildman–Crippen LogP) is 3.09. The van der Waals surface area contributed by atoms with Crippen LogP contribution in [0.25, 0.3) is 0 Å². The molecule has 0 radical (unpaired) electrons. The Bertz CT molecular complexity index is 535. The number of aliphatic carboxylic acids is 1. The van der Waals surface area contributed by atoms with Crippen LogP contribution < -0.4 is 5.32 Å². The number of carbonyl (C=O) groups excluding carboxylic acids is 1. The van der Waals surface area contributed by atoms with Crippen molar-refractivity contribution in [2.45, 2.75) is 25.3 Å². The fourth-order valence-corrected chi connectivity index (χ4v) is 2.86. The average Bonchev–Trinajstić information content (AvgIpc) is 2.36. The molecule has 1 rings (SSSR count). The summed E-state index contributed by atoms with van der Waals surface area (Å²) in [7, 11) is 0. The number of nitrogens with one attached hydrogen (secondary N) is 1. The second-order valence-corrected chi connectivity index (χ2v) is 5.90. The van der Waals surface area contributed by atoms with Crippen molar-refractivity contribution in [1.82, 2.24) is 5.32 Å². The Morgan fingerprint density at radius 1 is 1.30 bits per heavy atom. The number of unbranched alkanes of at least 4 members (excludes halogenated alkanes) is 1. The Morgan fingerprint density at radius 2 is 1.90 bits per heavy atom. The number of benzene rings is 1. The van der Waals surface area contributed by atoms with Gasteiger partial charge < -0.3 is 10.4 Å². The molecule has 0 bridgehead atoms. The molecule has 1 aromatic carbocycles. The lowest BCUT2D eigenvalue weighted by Gasteiger charge is -2.14. The molecule has 0 saturated carbocycles. The topological polar surface area (TPSA) is 90.2 Å². The largest absolute Gasteiger partial charge is 0.480 e. The monoisotopic (exact) mass is 402 g/mol. The average molecular weight is 404 g/mol. The Morgan fingerprint density at radius 3 is 2.40 bits per heavy atom. The van der Waals surface area contributed by atoms with E-state index in [0.717, 1.165) is 0 Å². The smallest absolute Gasteiger partial charge is 0.326 e. The van der Waals surface area contributed by atoms with E-state index in [2.05, 4.69) is 37.2 Å². The van der Waals surface area contributed by atoms with Crippen molar-refractivity contribution in [3.8, 4) is 6.07 Å². The molecule has 7 heteroatoms. The SMILES string of the molecule is N#CCCC[C@H](NC(=O)c1cc(Br)cc(Br)c1)C(=O)O. The molecule has 0 spiro atoms. The van der Waals surface area contributed by atoms with E-state index in [9.17, 15) is 9.59 Å². The Labute approximate surface area is 133 Å². The predicted molar refractivity (Wildman–Crippen MR) is 80.2 cm³/mol. The number of carboxylic acid groups (broad SMARTS) is 1. The molecule has 106 valence electrons. The van der Waals surface area contributed by atoms with E-state index in [1.54, 1.807) is 18.2 Å². The lowest BCUT2D eigenvalue weighted by atomic mass is 10.1. The standard InChI is InChI=1S/C13H12Br2N2O3/c14-9-5-8(6-10(15)7-9)12(18)17-11(13(19)20)3-1-2-4-16/h5-7,11H,1-3H2,(H,17,18)(H,19,20)/t11-/m0/s1. The molecule has 0 saturated heterocycles. The maximum atomic E-state index is 12.0. The summed E-state index contributed by atoms with van der Waals surface area (Å²) in [5, 5.41) is 20.0. The van der Waals surface area contributed by atoms with E-state index in [0.29, 0.717) is 20.9 Å². The minimum absolute atomic E-state index is 0.226. The van der Waals surface area contributed by atoms with Crippen LogP contribution in [0.5, 0.6) is 0 Å². The maximum absolute atomic E-state index is 12.0. The summed E-state index contributed by atoms with van der Waals surface area (Å²) in [4.78, 5) is 23.1. The number of nitrogens with zero attached hydrogens (tertiary/aromatic N) is 1. The van der Waals surface area contributed by atoms with Gasteiger partial charge in [0.25, 0.3) is 5.91 Å². The molecule has 0 heterocycles.